The van der Waals surface area contributed by atoms with Gasteiger partial charge in [-0.05, 0) is 48.2 Å². The van der Waals surface area contributed by atoms with Crippen LogP contribution in [0.4, 0.5) is 0 Å². The molecule has 0 fully saturated rings. The van der Waals surface area contributed by atoms with Crippen molar-refractivity contribution in [2.45, 2.75) is 0 Å². The van der Waals surface area contributed by atoms with E-state index in [4.69, 9.17) is 16.2 Å². The molecule has 0 saturated heterocycles. The lowest BCUT2D eigenvalue weighted by Crippen LogP contribution is -2.18. The number of hydrogen-bond donors (Lipinski definition) is 2. The number of pyridine rings is 1. The van der Waals surface area contributed by atoms with Crippen LogP contribution in [-0.2, 0) is 4.79 Å². The number of fused-ring (bicyclic) bond motifs is 1. The van der Waals surface area contributed by atoms with Gasteiger partial charge in [0, 0.05) is 21.6 Å². The molecule has 0 radical (unpaired) electrons. The molecule has 0 spiro atoms. The van der Waals surface area contributed by atoms with Gasteiger partial charge in [0.25, 0.3) is 0 Å². The lowest BCUT2D eigenvalue weighted by molar-refractivity contribution is -0.114. The molecular formula is C17H16BrN3O2. The highest BCUT2D eigenvalue weighted by atomic mass is 79.9. The number of aromatic nitrogens is 1. The molecule has 0 atom stereocenters. The highest BCUT2D eigenvalue weighted by molar-refractivity contribution is 9.10. The fourth-order valence-corrected chi connectivity index (χ4v) is 2.43. The first-order valence-corrected chi connectivity index (χ1v) is 7.56. The van der Waals surface area contributed by atoms with E-state index >= 15 is 0 Å². The van der Waals surface area contributed by atoms with Crippen LogP contribution in [0.3, 0.4) is 0 Å². The van der Waals surface area contributed by atoms with Crippen molar-refractivity contribution in [2.75, 3.05) is 6.61 Å². The molecule has 0 unspecified atom stereocenters. The molecule has 118 valence electrons. The third-order valence-electron chi connectivity index (χ3n) is 3.07. The van der Waals surface area contributed by atoms with Crippen LogP contribution in [0.15, 0.2) is 71.0 Å². The van der Waals surface area contributed by atoms with Crippen molar-refractivity contribution in [1.29, 1.82) is 0 Å². The minimum absolute atomic E-state index is 0.119. The molecule has 5 nitrogen and oxygen atoms in total. The summed E-state index contributed by atoms with van der Waals surface area (Å²) in [5.41, 5.74) is 12.2. The predicted octanol–water partition coefficient (Wildman–Crippen LogP) is 2.82. The van der Waals surface area contributed by atoms with Gasteiger partial charge in [-0.1, -0.05) is 22.5 Å². The number of benzene rings is 1. The number of nitrogens with two attached hydrogens (primary N) is 2. The Hall–Kier alpha value is -2.60. The zero-order valence-electron chi connectivity index (χ0n) is 12.3. The number of amides is 1. The first-order valence-electron chi connectivity index (χ1n) is 6.76. The summed E-state index contributed by atoms with van der Waals surface area (Å²) in [6, 6.07) is 7.48. The fourth-order valence-electron chi connectivity index (χ4n) is 2.00. The van der Waals surface area contributed by atoms with Crippen LogP contribution in [0.25, 0.3) is 10.9 Å². The number of allylic oxidation sites excluding steroid dienone is 2. The molecule has 0 bridgehead atoms. The number of hydrogen-bond acceptors (Lipinski definition) is 4. The topological polar surface area (TPSA) is 91.2 Å². The Labute approximate surface area is 142 Å². The van der Waals surface area contributed by atoms with Gasteiger partial charge >= 0.3 is 0 Å². The molecular weight excluding hydrogens is 358 g/mol. The molecule has 1 aromatic carbocycles. The highest BCUT2D eigenvalue weighted by Crippen LogP contribution is 2.29. The summed E-state index contributed by atoms with van der Waals surface area (Å²) in [5.74, 6) is 0.0549. The van der Waals surface area contributed by atoms with Crippen LogP contribution in [-0.4, -0.2) is 17.5 Å². The van der Waals surface area contributed by atoms with Crippen molar-refractivity contribution in [3.05, 3.63) is 71.0 Å². The van der Waals surface area contributed by atoms with E-state index in [-0.39, 0.29) is 12.2 Å². The molecule has 1 aromatic heterocycles. The monoisotopic (exact) mass is 373 g/mol. The minimum atomic E-state index is -0.586. The number of halogens is 1. The average molecular weight is 374 g/mol. The summed E-state index contributed by atoms with van der Waals surface area (Å²) >= 11 is 3.43. The zero-order chi connectivity index (χ0) is 16.8. The van der Waals surface area contributed by atoms with E-state index in [1.807, 2.05) is 24.3 Å². The first kappa shape index (κ1) is 16.8. The number of ether oxygens (including phenoxy) is 1. The van der Waals surface area contributed by atoms with Crippen molar-refractivity contribution in [1.82, 2.24) is 4.98 Å². The molecule has 1 heterocycles. The SMILES string of the molecule is C=C(COc1cc(Br)cc2ncccc12)/C(=C\C=C/N)C(N)=O. The molecule has 0 saturated carbocycles. The maximum absolute atomic E-state index is 11.5. The van der Waals surface area contributed by atoms with Crippen molar-refractivity contribution in [2.24, 2.45) is 11.5 Å². The van der Waals surface area contributed by atoms with Gasteiger partial charge in [-0.2, -0.15) is 0 Å². The number of carbonyl (C=O) groups is 1. The number of carbonyl (C=O) groups excluding carboxylic acids is 1. The second-order valence-corrected chi connectivity index (χ2v) is 5.61. The smallest absolute Gasteiger partial charge is 0.249 e. The molecule has 0 aliphatic rings. The molecule has 0 aliphatic carbocycles. The van der Waals surface area contributed by atoms with Gasteiger partial charge in [0.15, 0.2) is 0 Å². The Bertz CT molecular complexity index is 813. The van der Waals surface area contributed by atoms with Gasteiger partial charge in [-0.25, -0.2) is 0 Å². The van der Waals surface area contributed by atoms with Crippen molar-refractivity contribution in [3.8, 4) is 5.75 Å². The van der Waals surface area contributed by atoms with E-state index in [9.17, 15) is 4.79 Å². The molecule has 2 aromatic rings. The summed E-state index contributed by atoms with van der Waals surface area (Å²) in [4.78, 5) is 15.8. The van der Waals surface area contributed by atoms with Gasteiger partial charge in [0.2, 0.25) is 5.91 Å². The molecule has 6 heteroatoms. The van der Waals surface area contributed by atoms with E-state index < -0.39 is 5.91 Å². The maximum atomic E-state index is 11.5. The molecule has 23 heavy (non-hydrogen) atoms. The summed E-state index contributed by atoms with van der Waals surface area (Å²) in [6.07, 6.45) is 6.05. The summed E-state index contributed by atoms with van der Waals surface area (Å²) in [6.45, 7) is 3.97. The lowest BCUT2D eigenvalue weighted by Gasteiger charge is -2.12. The second-order valence-electron chi connectivity index (χ2n) is 4.70. The maximum Gasteiger partial charge on any atom is 0.249 e. The number of rotatable bonds is 6. The van der Waals surface area contributed by atoms with E-state index in [1.165, 1.54) is 18.4 Å². The van der Waals surface area contributed by atoms with Crippen molar-refractivity contribution < 1.29 is 9.53 Å². The third-order valence-corrected chi connectivity index (χ3v) is 3.53. The Morgan fingerprint density at radius 3 is 2.91 bits per heavy atom. The highest BCUT2D eigenvalue weighted by Gasteiger charge is 2.11. The number of nitrogens with zero attached hydrogens (tertiary/aromatic N) is 1. The normalized spacial score (nSPS) is 11.8. The first-order chi connectivity index (χ1) is 11.0. The van der Waals surface area contributed by atoms with Crippen molar-refractivity contribution in [3.63, 3.8) is 0 Å². The van der Waals surface area contributed by atoms with Crippen LogP contribution in [0, 0.1) is 0 Å². The van der Waals surface area contributed by atoms with Crippen LogP contribution in [0.1, 0.15) is 0 Å². The minimum Gasteiger partial charge on any atom is -0.488 e. The lowest BCUT2D eigenvalue weighted by atomic mass is 10.1. The summed E-state index contributed by atoms with van der Waals surface area (Å²) < 4.78 is 6.65. The van der Waals surface area contributed by atoms with Gasteiger partial charge in [0.05, 0.1) is 5.52 Å². The predicted molar refractivity (Wildman–Crippen MR) is 94.7 cm³/mol. The van der Waals surface area contributed by atoms with Crippen LogP contribution >= 0.6 is 15.9 Å². The largest absolute Gasteiger partial charge is 0.488 e. The average Bonchev–Trinajstić information content (AvgIpc) is 2.52. The fraction of sp³-hybridized carbons (Fsp3) is 0.0588. The molecule has 2 rings (SSSR count). The van der Waals surface area contributed by atoms with Crippen LogP contribution < -0.4 is 16.2 Å². The van der Waals surface area contributed by atoms with Crippen molar-refractivity contribution >= 4 is 32.7 Å². The van der Waals surface area contributed by atoms with Gasteiger partial charge in [-0.3, -0.25) is 9.78 Å². The quantitative estimate of drug-likeness (QED) is 0.601. The van der Waals surface area contributed by atoms with Crippen LogP contribution in [0.5, 0.6) is 5.75 Å². The third kappa shape index (κ3) is 4.20. The molecule has 4 N–H and O–H groups in total. The second kappa shape index (κ2) is 7.60. The van der Waals surface area contributed by atoms with Gasteiger partial charge < -0.3 is 16.2 Å². The Morgan fingerprint density at radius 2 is 2.22 bits per heavy atom. The molecule has 0 aliphatic heterocycles. The molecule has 1 amide bonds. The zero-order valence-corrected chi connectivity index (χ0v) is 13.9. The van der Waals surface area contributed by atoms with E-state index in [1.54, 1.807) is 6.20 Å². The summed E-state index contributed by atoms with van der Waals surface area (Å²) in [7, 11) is 0. The van der Waals surface area contributed by atoms with E-state index in [0.717, 1.165) is 15.4 Å². The van der Waals surface area contributed by atoms with E-state index in [2.05, 4.69) is 27.5 Å². The standard InChI is InChI=1S/C17H16BrN3O2/c1-11(13(17(20)22)4-2-6-19)10-23-16-9-12(18)8-15-14(16)5-3-7-21-15/h2-9H,1,10,19H2,(H2,20,22)/b6-2-,13-4+. The van der Waals surface area contributed by atoms with E-state index in [0.29, 0.717) is 11.3 Å². The Kier molecular flexibility index (Phi) is 5.54. The van der Waals surface area contributed by atoms with Gasteiger partial charge in [-0.15, -0.1) is 0 Å². The van der Waals surface area contributed by atoms with Gasteiger partial charge in [0.1, 0.15) is 12.4 Å². The number of primary amides is 1. The Balaban J connectivity index is 2.23. The van der Waals surface area contributed by atoms with Crippen LogP contribution in [0.2, 0.25) is 0 Å². The summed E-state index contributed by atoms with van der Waals surface area (Å²) in [5, 5.41) is 0.870. The Morgan fingerprint density at radius 1 is 1.43 bits per heavy atom.